The molecule has 1 aliphatic heterocycles. The molecule has 2 heteroatoms. The lowest BCUT2D eigenvalue weighted by atomic mass is 9.99. The van der Waals surface area contributed by atoms with Crippen molar-refractivity contribution in [3.63, 3.8) is 0 Å². The summed E-state index contributed by atoms with van der Waals surface area (Å²) < 4.78 is 5.72. The van der Waals surface area contributed by atoms with Crippen molar-refractivity contribution in [3.8, 4) is 5.75 Å². The van der Waals surface area contributed by atoms with Gasteiger partial charge in [-0.3, -0.25) is 0 Å². The minimum Gasteiger partial charge on any atom is -0.493 e. The van der Waals surface area contributed by atoms with E-state index in [1.807, 2.05) is 0 Å². The Labute approximate surface area is 90.4 Å². The first-order valence-corrected chi connectivity index (χ1v) is 5.62. The fraction of sp³-hybridized carbons (Fsp3) is 0.538. The lowest BCUT2D eigenvalue weighted by molar-refractivity contribution is 0.352. The summed E-state index contributed by atoms with van der Waals surface area (Å²) in [5, 5.41) is 0. The predicted octanol–water partition coefficient (Wildman–Crippen LogP) is 2.07. The second kappa shape index (κ2) is 2.76. The summed E-state index contributed by atoms with van der Waals surface area (Å²) in [5.41, 5.74) is 9.02. The van der Waals surface area contributed by atoms with Crippen molar-refractivity contribution < 1.29 is 4.74 Å². The van der Waals surface area contributed by atoms with Crippen LogP contribution in [0.1, 0.15) is 30.9 Å². The quantitative estimate of drug-likeness (QED) is 0.758. The maximum Gasteiger partial charge on any atom is 0.126 e. The zero-order valence-electron chi connectivity index (χ0n) is 9.29. The molecule has 2 nitrogen and oxygen atoms in total. The van der Waals surface area contributed by atoms with Gasteiger partial charge in [0.2, 0.25) is 0 Å². The van der Waals surface area contributed by atoms with Crippen LogP contribution in [0, 0.1) is 5.41 Å². The Bertz CT molecular complexity index is 411. The summed E-state index contributed by atoms with van der Waals surface area (Å²) in [4.78, 5) is 0. The first-order valence-electron chi connectivity index (χ1n) is 5.62. The monoisotopic (exact) mass is 203 g/mol. The molecule has 2 N–H and O–H groups in total. The van der Waals surface area contributed by atoms with E-state index in [1.165, 1.54) is 11.1 Å². The molecule has 1 aromatic rings. The summed E-state index contributed by atoms with van der Waals surface area (Å²) in [6, 6.07) is 6.74. The summed E-state index contributed by atoms with van der Waals surface area (Å²) in [7, 11) is 0. The van der Waals surface area contributed by atoms with Crippen molar-refractivity contribution >= 4 is 0 Å². The van der Waals surface area contributed by atoms with Crippen molar-refractivity contribution in [1.29, 1.82) is 0 Å². The molecule has 0 radical (unpaired) electrons. The highest BCUT2D eigenvalue weighted by atomic mass is 16.5. The molecule has 0 saturated heterocycles. The van der Waals surface area contributed by atoms with Crippen LogP contribution in [0.4, 0.5) is 0 Å². The number of rotatable bonds is 1. The normalized spacial score (nSPS) is 30.9. The van der Waals surface area contributed by atoms with E-state index >= 15 is 0 Å². The lowest BCUT2D eigenvalue weighted by Gasteiger charge is -2.08. The molecule has 0 spiro atoms. The van der Waals surface area contributed by atoms with Gasteiger partial charge in [-0.1, -0.05) is 32.0 Å². The van der Waals surface area contributed by atoms with E-state index in [9.17, 15) is 0 Å². The molecule has 80 valence electrons. The number of hydrogen-bond donors (Lipinski definition) is 1. The third kappa shape index (κ3) is 1.14. The predicted molar refractivity (Wildman–Crippen MR) is 60.1 cm³/mol. The Morgan fingerprint density at radius 1 is 1.40 bits per heavy atom. The van der Waals surface area contributed by atoms with Gasteiger partial charge < -0.3 is 10.5 Å². The van der Waals surface area contributed by atoms with Gasteiger partial charge in [0.15, 0.2) is 0 Å². The molecule has 1 fully saturated rings. The van der Waals surface area contributed by atoms with Crippen molar-refractivity contribution in [3.05, 3.63) is 29.3 Å². The Morgan fingerprint density at radius 2 is 2.13 bits per heavy atom. The summed E-state index contributed by atoms with van der Waals surface area (Å²) in [6.07, 6.45) is 1.05. The molecule has 0 aromatic heterocycles. The molecule has 1 heterocycles. The maximum absolute atomic E-state index is 6.11. The molecule has 1 aromatic carbocycles. The van der Waals surface area contributed by atoms with Gasteiger partial charge in [0.25, 0.3) is 0 Å². The van der Waals surface area contributed by atoms with E-state index in [0.717, 1.165) is 18.8 Å². The SMILES string of the molecule is CC1(C)[C@@H](N)[C@@H]1c1cccc2c1OCC2. The third-order valence-electron chi connectivity index (χ3n) is 3.99. The fourth-order valence-electron chi connectivity index (χ4n) is 2.76. The van der Waals surface area contributed by atoms with Crippen LogP contribution in [-0.4, -0.2) is 12.6 Å². The van der Waals surface area contributed by atoms with Crippen molar-refractivity contribution in [2.45, 2.75) is 32.2 Å². The molecule has 3 rings (SSSR count). The fourth-order valence-corrected chi connectivity index (χ4v) is 2.76. The number of nitrogens with two attached hydrogens (primary N) is 1. The summed E-state index contributed by atoms with van der Waals surface area (Å²) in [5.74, 6) is 1.59. The van der Waals surface area contributed by atoms with Gasteiger partial charge in [0.1, 0.15) is 5.75 Å². The van der Waals surface area contributed by atoms with Crippen molar-refractivity contribution in [2.24, 2.45) is 11.1 Å². The molecule has 15 heavy (non-hydrogen) atoms. The molecule has 1 saturated carbocycles. The highest BCUT2D eigenvalue weighted by Gasteiger charge is 2.57. The molecule has 2 aliphatic rings. The number of fused-ring (bicyclic) bond motifs is 1. The standard InChI is InChI=1S/C13H17NO/c1-13(2)10(12(13)14)9-5-3-4-8-6-7-15-11(8)9/h3-5,10,12H,6-7,14H2,1-2H3/t10-,12-/m0/s1. The summed E-state index contributed by atoms with van der Waals surface area (Å²) in [6.45, 7) is 5.29. The number of hydrogen-bond acceptors (Lipinski definition) is 2. The minimum atomic E-state index is 0.237. The maximum atomic E-state index is 6.11. The van der Waals surface area contributed by atoms with E-state index in [2.05, 4.69) is 32.0 Å². The van der Waals surface area contributed by atoms with E-state index in [1.54, 1.807) is 0 Å². The molecule has 0 bridgehead atoms. The Hall–Kier alpha value is -1.02. The van der Waals surface area contributed by atoms with Crippen molar-refractivity contribution in [2.75, 3.05) is 6.61 Å². The average Bonchev–Trinajstić information content (AvgIpc) is 2.63. The van der Waals surface area contributed by atoms with Gasteiger partial charge in [-0.05, 0) is 16.5 Å². The van der Waals surface area contributed by atoms with Crippen LogP contribution < -0.4 is 10.5 Å². The third-order valence-corrected chi connectivity index (χ3v) is 3.99. The Balaban J connectivity index is 2.04. The number of para-hydroxylation sites is 1. The second-order valence-corrected chi connectivity index (χ2v) is 5.26. The zero-order valence-corrected chi connectivity index (χ0v) is 9.29. The molecule has 0 unspecified atom stereocenters. The molecule has 0 amide bonds. The Kier molecular flexibility index (Phi) is 1.70. The van der Waals surface area contributed by atoms with Gasteiger partial charge in [0.05, 0.1) is 6.61 Å². The van der Waals surface area contributed by atoms with E-state index in [4.69, 9.17) is 10.5 Å². The van der Waals surface area contributed by atoms with E-state index in [0.29, 0.717) is 5.92 Å². The van der Waals surface area contributed by atoms with Crippen LogP contribution in [-0.2, 0) is 6.42 Å². The molecular weight excluding hydrogens is 186 g/mol. The largest absolute Gasteiger partial charge is 0.493 e. The van der Waals surface area contributed by atoms with E-state index < -0.39 is 0 Å². The summed E-state index contributed by atoms with van der Waals surface area (Å²) >= 11 is 0. The second-order valence-electron chi connectivity index (χ2n) is 5.26. The highest BCUT2D eigenvalue weighted by molar-refractivity contribution is 5.50. The number of ether oxygens (including phenoxy) is 1. The molecule has 2 atom stereocenters. The first kappa shape index (κ1) is 9.22. The van der Waals surface area contributed by atoms with Gasteiger partial charge in [-0.15, -0.1) is 0 Å². The average molecular weight is 203 g/mol. The number of benzene rings is 1. The van der Waals surface area contributed by atoms with Crippen LogP contribution in [0.5, 0.6) is 5.75 Å². The molecular formula is C13H17NO. The van der Waals surface area contributed by atoms with Crippen LogP contribution in [0.3, 0.4) is 0 Å². The van der Waals surface area contributed by atoms with Gasteiger partial charge in [0, 0.05) is 18.4 Å². The topological polar surface area (TPSA) is 35.2 Å². The molecule has 1 aliphatic carbocycles. The van der Waals surface area contributed by atoms with Gasteiger partial charge >= 0.3 is 0 Å². The van der Waals surface area contributed by atoms with Gasteiger partial charge in [-0.2, -0.15) is 0 Å². The highest BCUT2D eigenvalue weighted by Crippen LogP contribution is 2.59. The first-order chi connectivity index (χ1) is 7.12. The Morgan fingerprint density at radius 3 is 2.80 bits per heavy atom. The van der Waals surface area contributed by atoms with Crippen molar-refractivity contribution in [1.82, 2.24) is 0 Å². The van der Waals surface area contributed by atoms with Crippen LogP contribution in [0.15, 0.2) is 18.2 Å². The van der Waals surface area contributed by atoms with E-state index in [-0.39, 0.29) is 11.5 Å². The van der Waals surface area contributed by atoms with Crippen LogP contribution in [0.2, 0.25) is 0 Å². The smallest absolute Gasteiger partial charge is 0.126 e. The zero-order chi connectivity index (χ0) is 10.6. The minimum absolute atomic E-state index is 0.237. The van der Waals surface area contributed by atoms with Crippen LogP contribution in [0.25, 0.3) is 0 Å². The lowest BCUT2D eigenvalue weighted by Crippen LogP contribution is -2.06. The van der Waals surface area contributed by atoms with Crippen LogP contribution >= 0.6 is 0 Å². The van der Waals surface area contributed by atoms with Gasteiger partial charge in [-0.25, -0.2) is 0 Å².